The second kappa shape index (κ2) is 6.93. The Bertz CT molecular complexity index is 432. The third kappa shape index (κ3) is 3.67. The number of hydrogen-bond acceptors (Lipinski definition) is 3. The topological polar surface area (TPSA) is 33.1 Å². The molecule has 0 amide bonds. The molecule has 2 unspecified atom stereocenters. The smallest absolute Gasteiger partial charge is 0.0640 e. The fourth-order valence-corrected chi connectivity index (χ4v) is 3.35. The maximum Gasteiger partial charge on any atom is 0.0640 e. The summed E-state index contributed by atoms with van der Waals surface area (Å²) in [6.07, 6.45) is 6.91. The summed E-state index contributed by atoms with van der Waals surface area (Å²) in [5, 5.41) is 8.30. The fraction of sp³-hybridized carbons (Fsp3) is 0.824. The summed E-state index contributed by atoms with van der Waals surface area (Å²) < 4.78 is 2.10. The second-order valence-electron chi connectivity index (χ2n) is 6.94. The predicted octanol–water partition coefficient (Wildman–Crippen LogP) is 2.86. The molecule has 0 spiro atoms. The van der Waals surface area contributed by atoms with Gasteiger partial charge >= 0.3 is 0 Å². The Morgan fingerprint density at radius 3 is 2.57 bits per heavy atom. The molecule has 120 valence electrons. The molecule has 0 bridgehead atoms. The standard InChI is InChI=1S/C17H32N4/c1-6-14(2)21-12-9-15(19-21)13-16(18-5)17(3,4)20-10-7-8-11-20/h9,12,14,16,18H,6-8,10-11,13H2,1-5H3. The van der Waals surface area contributed by atoms with E-state index in [1.165, 1.54) is 31.6 Å². The molecule has 4 heteroatoms. The summed E-state index contributed by atoms with van der Waals surface area (Å²) in [7, 11) is 2.08. The normalized spacial score (nSPS) is 19.9. The van der Waals surface area contributed by atoms with Crippen LogP contribution in [0.15, 0.2) is 12.3 Å². The molecule has 2 atom stereocenters. The molecule has 2 heterocycles. The van der Waals surface area contributed by atoms with Crippen LogP contribution in [0.2, 0.25) is 0 Å². The molecule has 1 aliphatic heterocycles. The number of hydrogen-bond donors (Lipinski definition) is 1. The first-order valence-corrected chi connectivity index (χ1v) is 8.45. The van der Waals surface area contributed by atoms with Gasteiger partial charge in [0.25, 0.3) is 0 Å². The summed E-state index contributed by atoms with van der Waals surface area (Å²) in [6.45, 7) is 11.6. The minimum absolute atomic E-state index is 0.172. The van der Waals surface area contributed by atoms with Gasteiger partial charge in [0.15, 0.2) is 0 Å². The van der Waals surface area contributed by atoms with Crippen molar-refractivity contribution in [2.24, 2.45) is 0 Å². The number of nitrogens with zero attached hydrogens (tertiary/aromatic N) is 3. The minimum Gasteiger partial charge on any atom is -0.315 e. The van der Waals surface area contributed by atoms with Gasteiger partial charge in [-0.2, -0.15) is 5.10 Å². The van der Waals surface area contributed by atoms with Crippen LogP contribution in [0.1, 0.15) is 58.7 Å². The van der Waals surface area contributed by atoms with Gasteiger partial charge in [0.2, 0.25) is 0 Å². The van der Waals surface area contributed by atoms with Crippen LogP contribution in [0.25, 0.3) is 0 Å². The monoisotopic (exact) mass is 292 g/mol. The highest BCUT2D eigenvalue weighted by Crippen LogP contribution is 2.26. The van der Waals surface area contributed by atoms with E-state index in [1.807, 2.05) is 0 Å². The third-order valence-electron chi connectivity index (χ3n) is 5.24. The van der Waals surface area contributed by atoms with Crippen molar-refractivity contribution < 1.29 is 0 Å². The van der Waals surface area contributed by atoms with Gasteiger partial charge < -0.3 is 5.32 Å². The Labute approximate surface area is 129 Å². The van der Waals surface area contributed by atoms with E-state index in [9.17, 15) is 0 Å². The number of nitrogens with one attached hydrogen (secondary N) is 1. The Hall–Kier alpha value is -0.870. The molecule has 1 saturated heterocycles. The zero-order chi connectivity index (χ0) is 15.5. The second-order valence-corrected chi connectivity index (χ2v) is 6.94. The molecule has 1 aromatic heterocycles. The molecule has 4 nitrogen and oxygen atoms in total. The van der Waals surface area contributed by atoms with Crippen molar-refractivity contribution >= 4 is 0 Å². The molecule has 1 fully saturated rings. The molecular weight excluding hydrogens is 260 g/mol. The van der Waals surface area contributed by atoms with Crippen LogP contribution in [0.5, 0.6) is 0 Å². The highest BCUT2D eigenvalue weighted by Gasteiger charge is 2.36. The summed E-state index contributed by atoms with van der Waals surface area (Å²) in [4.78, 5) is 2.62. The molecule has 1 N–H and O–H groups in total. The van der Waals surface area contributed by atoms with Crippen molar-refractivity contribution in [3.05, 3.63) is 18.0 Å². The average Bonchev–Trinajstić information content (AvgIpc) is 3.14. The van der Waals surface area contributed by atoms with Crippen LogP contribution in [0.4, 0.5) is 0 Å². The lowest BCUT2D eigenvalue weighted by Gasteiger charge is -2.42. The van der Waals surface area contributed by atoms with E-state index in [0.29, 0.717) is 12.1 Å². The maximum atomic E-state index is 4.77. The van der Waals surface area contributed by atoms with Crippen molar-refractivity contribution in [2.75, 3.05) is 20.1 Å². The lowest BCUT2D eigenvalue weighted by Crippen LogP contribution is -2.57. The molecule has 0 aliphatic carbocycles. The summed E-state index contributed by atoms with van der Waals surface area (Å²) >= 11 is 0. The van der Waals surface area contributed by atoms with E-state index in [4.69, 9.17) is 5.10 Å². The Morgan fingerprint density at radius 2 is 2.00 bits per heavy atom. The molecule has 21 heavy (non-hydrogen) atoms. The zero-order valence-corrected chi connectivity index (χ0v) is 14.4. The van der Waals surface area contributed by atoms with Crippen molar-refractivity contribution in [3.8, 4) is 0 Å². The quantitative estimate of drug-likeness (QED) is 0.839. The van der Waals surface area contributed by atoms with Crippen molar-refractivity contribution in [2.45, 2.75) is 71.0 Å². The minimum atomic E-state index is 0.172. The van der Waals surface area contributed by atoms with E-state index in [-0.39, 0.29) is 5.54 Å². The molecule has 0 saturated carbocycles. The van der Waals surface area contributed by atoms with Gasteiger partial charge in [0.05, 0.1) is 5.69 Å². The van der Waals surface area contributed by atoms with Crippen LogP contribution in [0.3, 0.4) is 0 Å². The first-order chi connectivity index (χ1) is 9.98. The Balaban J connectivity index is 2.06. The number of aromatic nitrogens is 2. The lowest BCUT2D eigenvalue weighted by molar-refractivity contribution is 0.109. The highest BCUT2D eigenvalue weighted by molar-refractivity contribution is 5.07. The van der Waals surface area contributed by atoms with Gasteiger partial charge in [-0.25, -0.2) is 0 Å². The average molecular weight is 292 g/mol. The van der Waals surface area contributed by atoms with E-state index in [0.717, 1.165) is 12.8 Å². The molecular formula is C17H32N4. The number of likely N-dealkylation sites (tertiary alicyclic amines) is 1. The van der Waals surface area contributed by atoms with E-state index >= 15 is 0 Å². The summed E-state index contributed by atoms with van der Waals surface area (Å²) in [5.74, 6) is 0. The fourth-order valence-electron chi connectivity index (χ4n) is 3.35. The Kier molecular flexibility index (Phi) is 5.44. The van der Waals surface area contributed by atoms with Crippen molar-refractivity contribution in [3.63, 3.8) is 0 Å². The van der Waals surface area contributed by atoms with Crippen LogP contribution in [-0.4, -0.2) is 46.4 Å². The van der Waals surface area contributed by atoms with Gasteiger partial charge in [-0.05, 0) is 66.2 Å². The van der Waals surface area contributed by atoms with Gasteiger partial charge in [0.1, 0.15) is 0 Å². The third-order valence-corrected chi connectivity index (χ3v) is 5.24. The van der Waals surface area contributed by atoms with Gasteiger partial charge in [0, 0.05) is 30.2 Å². The molecule has 1 aromatic rings. The lowest BCUT2D eigenvalue weighted by atomic mass is 9.89. The summed E-state index contributed by atoms with van der Waals surface area (Å²) in [6, 6.07) is 3.09. The molecule has 1 aliphatic rings. The van der Waals surface area contributed by atoms with Crippen molar-refractivity contribution in [1.82, 2.24) is 20.0 Å². The Morgan fingerprint density at radius 1 is 1.33 bits per heavy atom. The molecule has 2 rings (SSSR count). The van der Waals surface area contributed by atoms with Crippen LogP contribution in [-0.2, 0) is 6.42 Å². The number of likely N-dealkylation sites (N-methyl/N-ethyl adjacent to an activating group) is 1. The van der Waals surface area contributed by atoms with E-state index < -0.39 is 0 Å². The van der Waals surface area contributed by atoms with Gasteiger partial charge in [-0.15, -0.1) is 0 Å². The largest absolute Gasteiger partial charge is 0.315 e. The first kappa shape index (κ1) is 16.5. The van der Waals surface area contributed by atoms with Gasteiger partial charge in [-0.3, -0.25) is 9.58 Å². The highest BCUT2D eigenvalue weighted by atomic mass is 15.3. The van der Waals surface area contributed by atoms with Crippen LogP contribution in [0, 0.1) is 0 Å². The maximum absolute atomic E-state index is 4.77. The SMILES string of the molecule is CCC(C)n1ccc(CC(NC)C(C)(C)N2CCCC2)n1. The van der Waals surface area contributed by atoms with Crippen LogP contribution >= 0.6 is 0 Å². The zero-order valence-electron chi connectivity index (χ0n) is 14.4. The van der Waals surface area contributed by atoms with Crippen LogP contribution < -0.4 is 5.32 Å². The first-order valence-electron chi connectivity index (χ1n) is 8.45. The van der Waals surface area contributed by atoms with E-state index in [2.05, 4.69) is 61.9 Å². The summed E-state index contributed by atoms with van der Waals surface area (Å²) in [5.41, 5.74) is 1.37. The van der Waals surface area contributed by atoms with E-state index in [1.54, 1.807) is 0 Å². The van der Waals surface area contributed by atoms with Gasteiger partial charge in [-0.1, -0.05) is 6.92 Å². The predicted molar refractivity (Wildman–Crippen MR) is 88.7 cm³/mol. The number of rotatable bonds is 7. The molecule has 0 aromatic carbocycles. The molecule has 0 radical (unpaired) electrons. The van der Waals surface area contributed by atoms with Crippen molar-refractivity contribution in [1.29, 1.82) is 0 Å².